The van der Waals surface area contributed by atoms with Crippen LogP contribution in [0.3, 0.4) is 0 Å². The second-order valence-electron chi connectivity index (χ2n) is 4.18. The van der Waals surface area contributed by atoms with E-state index >= 15 is 0 Å². The summed E-state index contributed by atoms with van der Waals surface area (Å²) in [7, 11) is 0. The number of hydrogen-bond acceptors (Lipinski definition) is 4. The average Bonchev–Trinajstić information content (AvgIpc) is 2.71. The van der Waals surface area contributed by atoms with Crippen molar-refractivity contribution in [1.29, 1.82) is 0 Å². The predicted molar refractivity (Wildman–Crippen MR) is 74.1 cm³/mol. The van der Waals surface area contributed by atoms with E-state index in [9.17, 15) is 14.9 Å². The van der Waals surface area contributed by atoms with E-state index in [4.69, 9.17) is 11.6 Å². The molecule has 0 saturated heterocycles. The zero-order chi connectivity index (χ0) is 14.9. The fourth-order valence-electron chi connectivity index (χ4n) is 1.83. The quantitative estimate of drug-likeness (QED) is 0.671. The number of benzene rings is 1. The van der Waals surface area contributed by atoms with E-state index in [1.54, 1.807) is 13.8 Å². The number of aryl methyl sites for hydroxylation is 2. The van der Waals surface area contributed by atoms with Gasteiger partial charge >= 0.3 is 0 Å². The molecule has 104 valence electrons. The molecule has 2 N–H and O–H groups in total. The van der Waals surface area contributed by atoms with Gasteiger partial charge in [0.1, 0.15) is 5.69 Å². The summed E-state index contributed by atoms with van der Waals surface area (Å²) < 4.78 is 0. The summed E-state index contributed by atoms with van der Waals surface area (Å²) in [6, 6.07) is 4.05. The molecule has 1 heterocycles. The third-order valence-electron chi connectivity index (χ3n) is 2.76. The van der Waals surface area contributed by atoms with Crippen LogP contribution in [0.4, 0.5) is 11.4 Å². The summed E-state index contributed by atoms with van der Waals surface area (Å²) in [5.41, 5.74) is 1.32. The number of nitro benzene ring substituents is 1. The summed E-state index contributed by atoms with van der Waals surface area (Å²) in [6.45, 7) is 3.37. The molecule has 0 fully saturated rings. The molecular formula is C12H11ClN4O3. The molecule has 0 bridgehead atoms. The van der Waals surface area contributed by atoms with Crippen molar-refractivity contribution in [2.75, 3.05) is 5.32 Å². The number of amides is 1. The lowest BCUT2D eigenvalue weighted by Gasteiger charge is -2.06. The lowest BCUT2D eigenvalue weighted by molar-refractivity contribution is -0.383. The fourth-order valence-corrected chi connectivity index (χ4v) is 2.00. The third-order valence-corrected chi connectivity index (χ3v) is 2.99. The Morgan fingerprint density at radius 1 is 1.45 bits per heavy atom. The van der Waals surface area contributed by atoms with Gasteiger partial charge in [-0.05, 0) is 26.0 Å². The van der Waals surface area contributed by atoms with Crippen LogP contribution >= 0.6 is 11.6 Å². The van der Waals surface area contributed by atoms with Crippen molar-refractivity contribution in [3.63, 3.8) is 0 Å². The smallest absolute Gasteiger partial charge is 0.294 e. The second kappa shape index (κ2) is 5.30. The van der Waals surface area contributed by atoms with Crippen molar-refractivity contribution >= 4 is 28.9 Å². The van der Waals surface area contributed by atoms with Crippen LogP contribution in [-0.4, -0.2) is 21.0 Å². The number of aromatic amines is 1. The monoisotopic (exact) mass is 294 g/mol. The highest BCUT2D eigenvalue weighted by molar-refractivity contribution is 6.31. The van der Waals surface area contributed by atoms with Gasteiger partial charge in [0.15, 0.2) is 0 Å². The first-order valence-electron chi connectivity index (χ1n) is 5.67. The number of halogens is 1. The summed E-state index contributed by atoms with van der Waals surface area (Å²) in [5.74, 6) is -0.459. The van der Waals surface area contributed by atoms with E-state index in [1.807, 2.05) is 0 Å². The number of carbonyl (C=O) groups is 1. The van der Waals surface area contributed by atoms with Crippen LogP contribution in [0.5, 0.6) is 0 Å². The van der Waals surface area contributed by atoms with E-state index in [-0.39, 0.29) is 16.4 Å². The highest BCUT2D eigenvalue weighted by atomic mass is 35.5. The molecule has 0 spiro atoms. The summed E-state index contributed by atoms with van der Waals surface area (Å²) in [4.78, 5) is 22.5. The van der Waals surface area contributed by atoms with Gasteiger partial charge in [0.2, 0.25) is 0 Å². The molecule has 0 aliphatic rings. The normalized spacial score (nSPS) is 10.3. The first-order chi connectivity index (χ1) is 9.40. The van der Waals surface area contributed by atoms with Crippen LogP contribution in [-0.2, 0) is 0 Å². The molecule has 8 heteroatoms. The fraction of sp³-hybridized carbons (Fsp3) is 0.167. The molecule has 0 radical (unpaired) electrons. The van der Waals surface area contributed by atoms with Crippen molar-refractivity contribution in [1.82, 2.24) is 10.2 Å². The molecule has 2 aromatic rings. The van der Waals surface area contributed by atoms with Crippen LogP contribution in [0.15, 0.2) is 18.2 Å². The Labute approximate surface area is 119 Å². The number of hydrogen-bond donors (Lipinski definition) is 2. The van der Waals surface area contributed by atoms with Crippen molar-refractivity contribution in [3.8, 4) is 0 Å². The minimum absolute atomic E-state index is 0.0874. The van der Waals surface area contributed by atoms with Gasteiger partial charge < -0.3 is 5.32 Å². The highest BCUT2D eigenvalue weighted by Gasteiger charge is 2.20. The van der Waals surface area contributed by atoms with Gasteiger partial charge in [0, 0.05) is 16.8 Å². The first-order valence-corrected chi connectivity index (χ1v) is 6.05. The lowest BCUT2D eigenvalue weighted by atomic mass is 10.1. The molecule has 0 atom stereocenters. The highest BCUT2D eigenvalue weighted by Crippen LogP contribution is 2.28. The van der Waals surface area contributed by atoms with Crippen molar-refractivity contribution in [3.05, 3.63) is 50.3 Å². The van der Waals surface area contributed by atoms with E-state index in [2.05, 4.69) is 15.5 Å². The molecule has 0 unspecified atom stereocenters. The number of H-pyrrole nitrogens is 1. The van der Waals surface area contributed by atoms with Gasteiger partial charge in [-0.1, -0.05) is 11.6 Å². The van der Waals surface area contributed by atoms with Crippen LogP contribution in [0, 0.1) is 24.0 Å². The molecule has 1 aromatic carbocycles. The zero-order valence-corrected chi connectivity index (χ0v) is 11.5. The largest absolute Gasteiger partial charge is 0.316 e. The first kappa shape index (κ1) is 14.0. The van der Waals surface area contributed by atoms with Gasteiger partial charge in [0.25, 0.3) is 11.6 Å². The van der Waals surface area contributed by atoms with Gasteiger partial charge in [-0.2, -0.15) is 5.10 Å². The molecule has 0 saturated carbocycles. The number of nitrogens with one attached hydrogen (secondary N) is 2. The van der Waals surface area contributed by atoms with Crippen molar-refractivity contribution in [2.45, 2.75) is 13.8 Å². The number of rotatable bonds is 3. The second-order valence-corrected chi connectivity index (χ2v) is 4.62. The molecule has 0 aliphatic carbocycles. The zero-order valence-electron chi connectivity index (χ0n) is 10.7. The number of aromatic nitrogens is 2. The topological polar surface area (TPSA) is 101 Å². The SMILES string of the molecule is Cc1n[nH]c(C)c1C(=O)Nc1ccc(Cl)cc1[N+](=O)[O-]. The molecule has 0 aliphatic heterocycles. The lowest BCUT2D eigenvalue weighted by Crippen LogP contribution is -2.14. The average molecular weight is 295 g/mol. The van der Waals surface area contributed by atoms with E-state index in [0.717, 1.165) is 0 Å². The Balaban J connectivity index is 2.36. The van der Waals surface area contributed by atoms with E-state index in [1.165, 1.54) is 18.2 Å². The Morgan fingerprint density at radius 2 is 2.15 bits per heavy atom. The van der Waals surface area contributed by atoms with Crippen molar-refractivity contribution in [2.24, 2.45) is 0 Å². The molecule has 1 amide bonds. The molecule has 20 heavy (non-hydrogen) atoms. The standard InChI is InChI=1S/C12H11ClN4O3/c1-6-11(7(2)16-15-6)12(18)14-9-4-3-8(13)5-10(9)17(19)20/h3-5H,1-2H3,(H,14,18)(H,15,16). The third kappa shape index (κ3) is 2.62. The Hall–Kier alpha value is -2.41. The maximum absolute atomic E-state index is 12.1. The molecule has 7 nitrogen and oxygen atoms in total. The van der Waals surface area contributed by atoms with Gasteiger partial charge in [0.05, 0.1) is 16.2 Å². The summed E-state index contributed by atoms with van der Waals surface area (Å²) in [6.07, 6.45) is 0. The Morgan fingerprint density at radius 3 is 2.70 bits per heavy atom. The van der Waals surface area contributed by atoms with Crippen LogP contribution in [0.1, 0.15) is 21.7 Å². The molecular weight excluding hydrogens is 284 g/mol. The maximum Gasteiger partial charge on any atom is 0.294 e. The Kier molecular flexibility index (Phi) is 3.71. The van der Waals surface area contributed by atoms with Gasteiger partial charge in [-0.15, -0.1) is 0 Å². The Bertz CT molecular complexity index is 677. The minimum Gasteiger partial charge on any atom is -0.316 e. The van der Waals surface area contributed by atoms with Gasteiger partial charge in [-0.3, -0.25) is 20.0 Å². The predicted octanol–water partition coefficient (Wildman–Crippen LogP) is 2.84. The van der Waals surface area contributed by atoms with Crippen molar-refractivity contribution < 1.29 is 9.72 Å². The van der Waals surface area contributed by atoms with Gasteiger partial charge in [-0.25, -0.2) is 0 Å². The van der Waals surface area contributed by atoms with Crippen LogP contribution in [0.25, 0.3) is 0 Å². The molecule has 1 aromatic heterocycles. The summed E-state index contributed by atoms with van der Waals surface area (Å²) in [5, 5.41) is 20.3. The minimum atomic E-state index is -0.601. The number of anilines is 1. The van der Waals surface area contributed by atoms with Crippen LogP contribution in [0.2, 0.25) is 5.02 Å². The summed E-state index contributed by atoms with van der Waals surface area (Å²) >= 11 is 5.72. The van der Waals surface area contributed by atoms with E-state index < -0.39 is 10.8 Å². The maximum atomic E-state index is 12.1. The molecule has 2 rings (SSSR count). The number of nitro groups is 1. The number of carbonyl (C=O) groups excluding carboxylic acids is 1. The van der Waals surface area contributed by atoms with E-state index in [0.29, 0.717) is 17.0 Å². The number of nitrogens with zero attached hydrogens (tertiary/aromatic N) is 2. The van der Waals surface area contributed by atoms with Crippen LogP contribution < -0.4 is 5.32 Å².